The second kappa shape index (κ2) is 5.84. The fourth-order valence-corrected chi connectivity index (χ4v) is 4.10. The molecule has 2 heterocycles. The number of nitrogens with one attached hydrogen (secondary N) is 1. The molecule has 2 aliphatic rings. The molecule has 1 saturated heterocycles. The first-order valence-electron chi connectivity index (χ1n) is 8.61. The lowest BCUT2D eigenvalue weighted by molar-refractivity contribution is -0.134. The lowest BCUT2D eigenvalue weighted by Crippen LogP contribution is -2.41. The van der Waals surface area contributed by atoms with E-state index in [1.54, 1.807) is 0 Å². The fourth-order valence-electron chi connectivity index (χ4n) is 4.10. The van der Waals surface area contributed by atoms with Crippen LogP contribution in [-0.2, 0) is 11.2 Å². The molecular weight excluding hydrogens is 286 g/mol. The molecule has 23 heavy (non-hydrogen) atoms. The maximum absolute atomic E-state index is 13.0. The van der Waals surface area contributed by atoms with E-state index in [-0.39, 0.29) is 5.92 Å². The minimum absolute atomic E-state index is 0.0610. The minimum atomic E-state index is 0.0610. The Morgan fingerprint density at radius 3 is 3.00 bits per heavy atom. The van der Waals surface area contributed by atoms with Crippen LogP contribution in [0.15, 0.2) is 30.3 Å². The molecule has 2 aromatic rings. The molecule has 4 rings (SSSR count). The van der Waals surface area contributed by atoms with Crippen LogP contribution in [0.5, 0.6) is 0 Å². The fraction of sp³-hybridized carbons (Fsp3) is 0.474. The van der Waals surface area contributed by atoms with Crippen molar-refractivity contribution in [3.05, 3.63) is 52.8 Å². The molecule has 0 saturated carbocycles. The molecule has 1 aliphatic heterocycles. The number of carbonyl (C=O) groups is 1. The number of H-pyrrole nitrogens is 1. The summed E-state index contributed by atoms with van der Waals surface area (Å²) in [5, 5.41) is 7.43. The average Bonchev–Trinajstić information content (AvgIpc) is 3.20. The summed E-state index contributed by atoms with van der Waals surface area (Å²) < 4.78 is 0. The quantitative estimate of drug-likeness (QED) is 0.926. The minimum Gasteiger partial charge on any atom is -0.341 e. The molecule has 120 valence electrons. The van der Waals surface area contributed by atoms with Crippen molar-refractivity contribution in [2.24, 2.45) is 0 Å². The van der Waals surface area contributed by atoms with Gasteiger partial charge in [0.1, 0.15) is 0 Å². The average molecular weight is 309 g/mol. The van der Waals surface area contributed by atoms with E-state index in [1.807, 2.05) is 6.92 Å². The number of benzene rings is 1. The van der Waals surface area contributed by atoms with Crippen LogP contribution in [0, 0.1) is 6.92 Å². The van der Waals surface area contributed by atoms with Gasteiger partial charge in [0.25, 0.3) is 0 Å². The van der Waals surface area contributed by atoms with Gasteiger partial charge in [-0.05, 0) is 49.8 Å². The van der Waals surface area contributed by atoms with Gasteiger partial charge < -0.3 is 4.90 Å². The molecule has 1 amide bonds. The van der Waals surface area contributed by atoms with Gasteiger partial charge in [-0.15, -0.1) is 0 Å². The van der Waals surface area contributed by atoms with E-state index < -0.39 is 0 Å². The van der Waals surface area contributed by atoms with Crippen LogP contribution >= 0.6 is 0 Å². The zero-order valence-corrected chi connectivity index (χ0v) is 13.6. The summed E-state index contributed by atoms with van der Waals surface area (Å²) in [5.41, 5.74) is 4.79. The number of hydrogen-bond donors (Lipinski definition) is 1. The maximum atomic E-state index is 13.0. The summed E-state index contributed by atoms with van der Waals surface area (Å²) in [6.07, 6.45) is 4.18. The Bertz CT molecular complexity index is 721. The number of aryl methyl sites for hydroxylation is 2. The third kappa shape index (κ3) is 2.67. The van der Waals surface area contributed by atoms with Crippen LogP contribution in [0.1, 0.15) is 53.6 Å². The lowest BCUT2D eigenvalue weighted by atomic mass is 9.92. The molecule has 0 spiro atoms. The highest BCUT2D eigenvalue weighted by Crippen LogP contribution is 2.36. The van der Waals surface area contributed by atoms with Crippen LogP contribution in [0.3, 0.4) is 0 Å². The number of aromatic amines is 1. The van der Waals surface area contributed by atoms with E-state index in [4.69, 9.17) is 0 Å². The standard InChI is InChI=1S/C19H23N3O/c1-13-11-18(21-20-13)15-6-4-10-22(12-15)19(23)17-9-8-14-5-2-3-7-16(14)17/h2-3,5,7,11,15,17H,4,6,8-10,12H2,1H3,(H,20,21)/t15-,17+/m1/s1. The van der Waals surface area contributed by atoms with Gasteiger partial charge in [-0.2, -0.15) is 5.10 Å². The first-order chi connectivity index (χ1) is 11.2. The van der Waals surface area contributed by atoms with E-state index in [0.29, 0.717) is 11.8 Å². The van der Waals surface area contributed by atoms with Gasteiger partial charge in [0.2, 0.25) is 5.91 Å². The third-order valence-electron chi connectivity index (χ3n) is 5.31. The highest BCUT2D eigenvalue weighted by molar-refractivity contribution is 5.85. The number of hydrogen-bond acceptors (Lipinski definition) is 2. The van der Waals surface area contributed by atoms with Crippen molar-refractivity contribution in [3.8, 4) is 0 Å². The van der Waals surface area contributed by atoms with Gasteiger partial charge in [0.05, 0.1) is 11.6 Å². The van der Waals surface area contributed by atoms with E-state index in [2.05, 4.69) is 45.4 Å². The summed E-state index contributed by atoms with van der Waals surface area (Å²) in [6.45, 7) is 3.72. The van der Waals surface area contributed by atoms with Gasteiger partial charge in [0.15, 0.2) is 0 Å². The number of rotatable bonds is 2. The van der Waals surface area contributed by atoms with Crippen molar-refractivity contribution in [1.82, 2.24) is 15.1 Å². The summed E-state index contributed by atoms with van der Waals surface area (Å²) in [4.78, 5) is 15.1. The molecule has 0 bridgehead atoms. The largest absolute Gasteiger partial charge is 0.341 e. The highest BCUT2D eigenvalue weighted by atomic mass is 16.2. The molecule has 1 aromatic carbocycles. The van der Waals surface area contributed by atoms with E-state index in [9.17, 15) is 4.79 Å². The van der Waals surface area contributed by atoms with Gasteiger partial charge in [-0.25, -0.2) is 0 Å². The summed E-state index contributed by atoms with van der Waals surface area (Å²) in [5.74, 6) is 0.743. The highest BCUT2D eigenvalue weighted by Gasteiger charge is 2.34. The molecule has 1 aromatic heterocycles. The molecule has 0 unspecified atom stereocenters. The molecule has 4 heteroatoms. The first-order valence-corrected chi connectivity index (χ1v) is 8.61. The number of piperidine rings is 1. The second-order valence-corrected chi connectivity index (χ2v) is 6.89. The molecular formula is C19H23N3O. The van der Waals surface area contributed by atoms with Crippen LogP contribution in [0.25, 0.3) is 0 Å². The van der Waals surface area contributed by atoms with Crippen LogP contribution in [0.2, 0.25) is 0 Å². The van der Waals surface area contributed by atoms with Crippen molar-refractivity contribution in [2.45, 2.75) is 44.4 Å². The number of likely N-dealkylation sites (tertiary alicyclic amines) is 1. The van der Waals surface area contributed by atoms with Crippen molar-refractivity contribution in [2.75, 3.05) is 13.1 Å². The Labute approximate surface area is 136 Å². The Morgan fingerprint density at radius 1 is 1.30 bits per heavy atom. The molecule has 1 aliphatic carbocycles. The number of nitrogens with zero attached hydrogens (tertiary/aromatic N) is 2. The second-order valence-electron chi connectivity index (χ2n) is 6.89. The predicted octanol–water partition coefficient (Wildman–Crippen LogP) is 3.15. The van der Waals surface area contributed by atoms with Crippen molar-refractivity contribution in [1.29, 1.82) is 0 Å². The summed E-state index contributed by atoms with van der Waals surface area (Å²) in [6, 6.07) is 10.5. The SMILES string of the molecule is Cc1cc([C@@H]2CCCN(C(=O)[C@H]3CCc4ccccc43)C2)n[nH]1. The maximum Gasteiger partial charge on any atom is 0.230 e. The molecule has 1 N–H and O–H groups in total. The van der Waals surface area contributed by atoms with E-state index >= 15 is 0 Å². The number of carbonyl (C=O) groups excluding carboxylic acids is 1. The van der Waals surface area contributed by atoms with Crippen molar-refractivity contribution >= 4 is 5.91 Å². The topological polar surface area (TPSA) is 49.0 Å². The molecule has 0 radical (unpaired) electrons. The van der Waals surface area contributed by atoms with Gasteiger partial charge in [-0.3, -0.25) is 9.89 Å². The first kappa shape index (κ1) is 14.5. The number of amides is 1. The van der Waals surface area contributed by atoms with Crippen molar-refractivity contribution < 1.29 is 4.79 Å². The Morgan fingerprint density at radius 2 is 2.17 bits per heavy atom. The van der Waals surface area contributed by atoms with E-state index in [0.717, 1.165) is 50.2 Å². The monoisotopic (exact) mass is 309 g/mol. The Hall–Kier alpha value is -2.10. The number of aromatic nitrogens is 2. The molecule has 1 fully saturated rings. The zero-order valence-electron chi connectivity index (χ0n) is 13.6. The Kier molecular flexibility index (Phi) is 3.68. The van der Waals surface area contributed by atoms with Gasteiger partial charge in [-0.1, -0.05) is 24.3 Å². The summed E-state index contributed by atoms with van der Waals surface area (Å²) >= 11 is 0. The zero-order chi connectivity index (χ0) is 15.8. The number of fused-ring (bicyclic) bond motifs is 1. The van der Waals surface area contributed by atoms with Crippen molar-refractivity contribution in [3.63, 3.8) is 0 Å². The Balaban J connectivity index is 1.51. The van der Waals surface area contributed by atoms with Crippen LogP contribution < -0.4 is 0 Å². The normalized spacial score (nSPS) is 23.8. The lowest BCUT2D eigenvalue weighted by Gasteiger charge is -2.34. The molecule has 2 atom stereocenters. The van der Waals surface area contributed by atoms with Crippen LogP contribution in [-0.4, -0.2) is 34.1 Å². The molecule has 4 nitrogen and oxygen atoms in total. The third-order valence-corrected chi connectivity index (χ3v) is 5.31. The van der Waals surface area contributed by atoms with Crippen LogP contribution in [0.4, 0.5) is 0 Å². The van der Waals surface area contributed by atoms with Gasteiger partial charge >= 0.3 is 0 Å². The van der Waals surface area contributed by atoms with E-state index in [1.165, 1.54) is 11.1 Å². The smallest absolute Gasteiger partial charge is 0.230 e. The summed E-state index contributed by atoms with van der Waals surface area (Å²) in [7, 11) is 0. The van der Waals surface area contributed by atoms with Gasteiger partial charge in [0, 0.05) is 24.7 Å². The predicted molar refractivity (Wildman–Crippen MR) is 89.4 cm³/mol.